The lowest BCUT2D eigenvalue weighted by Gasteiger charge is -2.40. The maximum absolute atomic E-state index is 14.8. The lowest BCUT2D eigenvalue weighted by Crippen LogP contribution is -2.51. The molecule has 3 fully saturated rings. The summed E-state index contributed by atoms with van der Waals surface area (Å²) >= 11 is 19.6. The monoisotopic (exact) mass is 797 g/mol. The molecule has 290 valence electrons. The number of hydrogen-bond donors (Lipinski definition) is 1. The zero-order valence-corrected chi connectivity index (χ0v) is 33.9. The number of piperidine rings is 1. The van der Waals surface area contributed by atoms with Gasteiger partial charge >= 0.3 is 6.09 Å². The Morgan fingerprint density at radius 2 is 1.69 bits per heavy atom. The van der Waals surface area contributed by atoms with Gasteiger partial charge in [0.25, 0.3) is 0 Å². The quantitative estimate of drug-likeness (QED) is 0.209. The molecule has 2 unspecified atom stereocenters. The lowest BCUT2D eigenvalue weighted by molar-refractivity contribution is -0.139. The SMILES string of the molecule is CCNC(=O)Cc1ccc(Cl)c(CN(C(=O)C2CN(C(=O)OC(C)(C)C)CCC2c2ccc(N3CC[C@@H](Oc4c(Cl)cc(C)cc4Cl)C3)nc2)C2CC2)c1. The van der Waals surface area contributed by atoms with Crippen molar-refractivity contribution in [2.75, 3.05) is 37.6 Å². The minimum Gasteiger partial charge on any atom is -0.485 e. The highest BCUT2D eigenvalue weighted by Gasteiger charge is 2.43. The zero-order chi connectivity index (χ0) is 38.7. The van der Waals surface area contributed by atoms with Crippen LogP contribution in [0.25, 0.3) is 0 Å². The molecular formula is C41H50Cl3N5O5. The summed E-state index contributed by atoms with van der Waals surface area (Å²) in [6, 6.07) is 13.4. The summed E-state index contributed by atoms with van der Waals surface area (Å²) in [5, 5.41) is 4.38. The van der Waals surface area contributed by atoms with Crippen LogP contribution in [0.4, 0.5) is 10.6 Å². The van der Waals surface area contributed by atoms with Crippen molar-refractivity contribution >= 4 is 58.5 Å². The molecule has 2 aliphatic heterocycles. The van der Waals surface area contributed by atoms with Gasteiger partial charge in [0.1, 0.15) is 17.5 Å². The van der Waals surface area contributed by atoms with Gasteiger partial charge < -0.3 is 29.5 Å². The number of aryl methyl sites for hydroxylation is 1. The van der Waals surface area contributed by atoms with Crippen molar-refractivity contribution < 1.29 is 23.9 Å². The fourth-order valence-electron chi connectivity index (χ4n) is 7.37. The highest BCUT2D eigenvalue weighted by molar-refractivity contribution is 6.37. The van der Waals surface area contributed by atoms with E-state index in [1.165, 1.54) is 0 Å². The van der Waals surface area contributed by atoms with Gasteiger partial charge in [-0.2, -0.15) is 0 Å². The first-order chi connectivity index (χ1) is 25.7. The number of pyridine rings is 1. The van der Waals surface area contributed by atoms with Crippen molar-refractivity contribution in [1.29, 1.82) is 0 Å². The van der Waals surface area contributed by atoms with Crippen molar-refractivity contribution in [2.24, 2.45) is 5.92 Å². The van der Waals surface area contributed by atoms with Crippen LogP contribution in [0, 0.1) is 12.8 Å². The number of likely N-dealkylation sites (N-methyl/N-ethyl adjacent to an activating group) is 1. The Hall–Kier alpha value is -3.73. The molecule has 0 spiro atoms. The van der Waals surface area contributed by atoms with Gasteiger partial charge in [-0.05, 0) is 100 Å². The Bertz CT molecular complexity index is 1820. The van der Waals surface area contributed by atoms with Gasteiger partial charge in [-0.3, -0.25) is 9.59 Å². The molecule has 1 aromatic heterocycles. The molecule has 1 N–H and O–H groups in total. The van der Waals surface area contributed by atoms with Crippen LogP contribution in [-0.2, 0) is 27.3 Å². The van der Waals surface area contributed by atoms with Crippen LogP contribution in [0.2, 0.25) is 15.1 Å². The average molecular weight is 799 g/mol. The number of amides is 3. The molecule has 6 rings (SSSR count). The van der Waals surface area contributed by atoms with E-state index in [9.17, 15) is 14.4 Å². The fraction of sp³-hybridized carbons (Fsp3) is 0.512. The number of carbonyl (C=O) groups is 3. The molecule has 0 radical (unpaired) electrons. The van der Waals surface area contributed by atoms with Crippen LogP contribution in [0.5, 0.6) is 5.75 Å². The van der Waals surface area contributed by atoms with E-state index in [0.717, 1.165) is 53.9 Å². The number of likely N-dealkylation sites (tertiary alicyclic amines) is 1. The second-order valence-electron chi connectivity index (χ2n) is 15.7. The van der Waals surface area contributed by atoms with Crippen molar-refractivity contribution in [3.63, 3.8) is 0 Å². The summed E-state index contributed by atoms with van der Waals surface area (Å²) in [5.74, 6) is 0.536. The Morgan fingerprint density at radius 3 is 2.33 bits per heavy atom. The summed E-state index contributed by atoms with van der Waals surface area (Å²) in [6.45, 7) is 12.3. The third-order valence-corrected chi connectivity index (χ3v) is 11.1. The van der Waals surface area contributed by atoms with E-state index in [2.05, 4.69) is 16.3 Å². The van der Waals surface area contributed by atoms with E-state index in [1.807, 2.05) is 76.0 Å². The number of benzene rings is 2. The number of aromatic nitrogens is 1. The van der Waals surface area contributed by atoms with Gasteiger partial charge in [-0.15, -0.1) is 0 Å². The molecule has 2 saturated heterocycles. The minimum absolute atomic E-state index is 0.0296. The number of ether oxygens (including phenoxy) is 2. The molecule has 13 heteroatoms. The van der Waals surface area contributed by atoms with E-state index >= 15 is 0 Å². The van der Waals surface area contributed by atoms with E-state index in [-0.39, 0.29) is 42.8 Å². The van der Waals surface area contributed by atoms with E-state index in [1.54, 1.807) is 11.0 Å². The number of hydrogen-bond acceptors (Lipinski definition) is 7. The molecule has 3 amide bonds. The molecule has 10 nitrogen and oxygen atoms in total. The summed E-state index contributed by atoms with van der Waals surface area (Å²) in [6.07, 6.45) is 4.74. The normalized spacial score (nSPS) is 20.1. The Kier molecular flexibility index (Phi) is 12.5. The predicted octanol–water partition coefficient (Wildman–Crippen LogP) is 8.22. The van der Waals surface area contributed by atoms with Crippen molar-refractivity contribution in [3.8, 4) is 5.75 Å². The minimum atomic E-state index is -0.665. The van der Waals surface area contributed by atoms with Gasteiger partial charge in [-0.25, -0.2) is 9.78 Å². The molecule has 54 heavy (non-hydrogen) atoms. The van der Waals surface area contributed by atoms with Crippen LogP contribution in [0.3, 0.4) is 0 Å². The standard InChI is InChI=1S/C41H50Cl3N5O5/c1-6-45-37(50)20-26-7-11-33(42)28(19-26)22-49(29-9-10-29)39(51)32-24-48(40(52)54-41(3,4)5)16-14-31(32)27-8-12-36(46-21-27)47-15-13-30(23-47)53-38-34(43)17-25(2)18-35(38)44/h7-8,11-12,17-19,21,29-32H,6,9-10,13-16,20,22-24H2,1-5H3,(H,45,50)/t30-,31?,32?/m1/s1. The summed E-state index contributed by atoms with van der Waals surface area (Å²) in [7, 11) is 0. The lowest BCUT2D eigenvalue weighted by atomic mass is 9.80. The van der Waals surface area contributed by atoms with Crippen LogP contribution in [-0.4, -0.2) is 83.2 Å². The first-order valence-corrected chi connectivity index (χ1v) is 20.0. The fourth-order valence-corrected chi connectivity index (χ4v) is 8.23. The summed E-state index contributed by atoms with van der Waals surface area (Å²) in [4.78, 5) is 51.1. The number of nitrogens with zero attached hydrogens (tertiary/aromatic N) is 4. The van der Waals surface area contributed by atoms with Crippen molar-refractivity contribution in [2.45, 2.75) is 96.9 Å². The van der Waals surface area contributed by atoms with Crippen LogP contribution >= 0.6 is 34.8 Å². The second kappa shape index (κ2) is 17.0. The molecule has 0 bridgehead atoms. The molecule has 3 heterocycles. The van der Waals surface area contributed by atoms with Gasteiger partial charge in [0.05, 0.1) is 28.9 Å². The number of halogens is 3. The number of carbonyl (C=O) groups excluding carboxylic acids is 3. The molecule has 1 saturated carbocycles. The molecule has 2 aromatic carbocycles. The summed E-state index contributed by atoms with van der Waals surface area (Å²) in [5.41, 5.74) is 2.88. The molecule has 3 aromatic rings. The molecule has 1 aliphatic carbocycles. The zero-order valence-electron chi connectivity index (χ0n) is 31.7. The predicted molar refractivity (Wildman–Crippen MR) is 213 cm³/mol. The Labute approximate surface area is 333 Å². The highest BCUT2D eigenvalue weighted by Crippen LogP contribution is 2.40. The highest BCUT2D eigenvalue weighted by atomic mass is 35.5. The third kappa shape index (κ3) is 9.92. The topological polar surface area (TPSA) is 104 Å². The maximum atomic E-state index is 14.8. The largest absolute Gasteiger partial charge is 0.485 e. The number of anilines is 1. The Balaban J connectivity index is 1.21. The van der Waals surface area contributed by atoms with Crippen LogP contribution < -0.4 is 15.0 Å². The second-order valence-corrected chi connectivity index (χ2v) is 16.9. The van der Waals surface area contributed by atoms with E-state index in [0.29, 0.717) is 53.4 Å². The number of nitrogens with one attached hydrogen (secondary N) is 1. The van der Waals surface area contributed by atoms with Gasteiger partial charge in [-0.1, -0.05) is 53.0 Å². The van der Waals surface area contributed by atoms with Crippen LogP contribution in [0.1, 0.15) is 81.5 Å². The maximum Gasteiger partial charge on any atom is 0.410 e. The van der Waals surface area contributed by atoms with Crippen molar-refractivity contribution in [1.82, 2.24) is 20.1 Å². The molecule has 3 atom stereocenters. The van der Waals surface area contributed by atoms with E-state index in [4.69, 9.17) is 49.3 Å². The molecular weight excluding hydrogens is 749 g/mol. The summed E-state index contributed by atoms with van der Waals surface area (Å²) < 4.78 is 12.0. The van der Waals surface area contributed by atoms with Crippen LogP contribution in [0.15, 0.2) is 48.7 Å². The van der Waals surface area contributed by atoms with Crippen molar-refractivity contribution in [3.05, 3.63) is 86.0 Å². The first kappa shape index (κ1) is 39.9. The average Bonchev–Trinajstić information content (AvgIpc) is 3.85. The number of rotatable bonds is 11. The first-order valence-electron chi connectivity index (χ1n) is 18.8. The Morgan fingerprint density at radius 1 is 0.944 bits per heavy atom. The van der Waals surface area contributed by atoms with E-state index < -0.39 is 17.6 Å². The smallest absolute Gasteiger partial charge is 0.410 e. The van der Waals surface area contributed by atoms with Gasteiger partial charge in [0.2, 0.25) is 11.8 Å². The van der Waals surface area contributed by atoms with Gasteiger partial charge in [0, 0.05) is 62.3 Å². The third-order valence-electron chi connectivity index (χ3n) is 10.1. The molecule has 3 aliphatic rings. The van der Waals surface area contributed by atoms with Gasteiger partial charge in [0.15, 0.2) is 5.75 Å².